The number of hydrogen-bond acceptors (Lipinski definition) is 5. The largest absolute Gasteiger partial charge is 0.495 e. The van der Waals surface area contributed by atoms with Crippen molar-refractivity contribution in [3.63, 3.8) is 0 Å². The van der Waals surface area contributed by atoms with Gasteiger partial charge in [-0.3, -0.25) is 0 Å². The predicted molar refractivity (Wildman–Crippen MR) is 89.4 cm³/mol. The fraction of sp³-hybridized carbons (Fsp3) is 0.600. The van der Waals surface area contributed by atoms with Gasteiger partial charge in [0.25, 0.3) is 0 Å². The van der Waals surface area contributed by atoms with Gasteiger partial charge in [0, 0.05) is 24.7 Å². The molecule has 0 aliphatic carbocycles. The molecule has 2 N–H and O–H groups in total. The molecule has 0 amide bonds. The molecule has 1 heterocycles. The quantitative estimate of drug-likeness (QED) is 0.749. The number of sulfonamides is 1. The van der Waals surface area contributed by atoms with Crippen molar-refractivity contribution in [2.75, 3.05) is 33.4 Å². The van der Waals surface area contributed by atoms with Crippen LogP contribution in [0.2, 0.25) is 5.02 Å². The average molecular weight is 363 g/mol. The van der Waals surface area contributed by atoms with Crippen LogP contribution in [0, 0.1) is 0 Å². The Hall–Kier alpha value is -0.860. The number of ether oxygens (including phenoxy) is 2. The summed E-state index contributed by atoms with van der Waals surface area (Å²) in [5.74, 6) is 0.302. The highest BCUT2D eigenvalue weighted by atomic mass is 35.5. The molecule has 0 radical (unpaired) electrons. The minimum absolute atomic E-state index is 0.0919. The number of halogens is 1. The van der Waals surface area contributed by atoms with Crippen molar-refractivity contribution in [2.45, 2.75) is 30.3 Å². The number of benzene rings is 1. The highest BCUT2D eigenvalue weighted by Crippen LogP contribution is 2.31. The van der Waals surface area contributed by atoms with E-state index in [0.717, 1.165) is 6.42 Å². The smallest absolute Gasteiger partial charge is 0.246 e. The first-order valence-electron chi connectivity index (χ1n) is 7.64. The van der Waals surface area contributed by atoms with Crippen LogP contribution < -0.4 is 10.5 Å². The zero-order chi connectivity index (χ0) is 16.9. The normalized spacial score (nSPS) is 17.3. The molecule has 1 aliphatic rings. The lowest BCUT2D eigenvalue weighted by Crippen LogP contribution is -2.41. The van der Waals surface area contributed by atoms with E-state index in [1.165, 1.54) is 17.5 Å². The summed E-state index contributed by atoms with van der Waals surface area (Å²) in [6.07, 6.45) is 2.26. The highest BCUT2D eigenvalue weighted by Gasteiger charge is 2.31. The monoisotopic (exact) mass is 362 g/mol. The molecule has 1 aromatic carbocycles. The van der Waals surface area contributed by atoms with Gasteiger partial charge in [0.05, 0.1) is 13.2 Å². The molecule has 0 bridgehead atoms. The van der Waals surface area contributed by atoms with E-state index in [2.05, 4.69) is 0 Å². The van der Waals surface area contributed by atoms with Crippen LogP contribution in [0.15, 0.2) is 23.1 Å². The maximum atomic E-state index is 12.8. The fourth-order valence-electron chi connectivity index (χ4n) is 2.56. The van der Waals surface area contributed by atoms with Gasteiger partial charge in [-0.25, -0.2) is 8.42 Å². The van der Waals surface area contributed by atoms with Gasteiger partial charge in [0.2, 0.25) is 10.0 Å². The lowest BCUT2D eigenvalue weighted by Gasteiger charge is -2.31. The van der Waals surface area contributed by atoms with Crippen LogP contribution in [-0.2, 0) is 14.8 Å². The van der Waals surface area contributed by atoms with Gasteiger partial charge in [0.1, 0.15) is 10.6 Å². The summed E-state index contributed by atoms with van der Waals surface area (Å²) in [6, 6.07) is 4.61. The van der Waals surface area contributed by atoms with Gasteiger partial charge >= 0.3 is 0 Å². The van der Waals surface area contributed by atoms with Gasteiger partial charge < -0.3 is 15.2 Å². The summed E-state index contributed by atoms with van der Waals surface area (Å²) >= 11 is 5.94. The van der Waals surface area contributed by atoms with Crippen LogP contribution in [-0.4, -0.2) is 52.2 Å². The van der Waals surface area contributed by atoms with Crippen LogP contribution in [0.5, 0.6) is 5.75 Å². The Morgan fingerprint density at radius 2 is 2.04 bits per heavy atom. The van der Waals surface area contributed by atoms with Crippen molar-refractivity contribution >= 4 is 21.6 Å². The number of rotatable bonds is 7. The molecule has 0 aromatic heterocycles. The van der Waals surface area contributed by atoms with E-state index in [1.807, 2.05) is 0 Å². The van der Waals surface area contributed by atoms with E-state index < -0.39 is 10.0 Å². The Labute approximate surface area is 142 Å². The molecule has 1 fully saturated rings. The molecule has 0 saturated carbocycles. The summed E-state index contributed by atoms with van der Waals surface area (Å²) in [5, 5.41) is 0.365. The maximum Gasteiger partial charge on any atom is 0.246 e. The summed E-state index contributed by atoms with van der Waals surface area (Å²) in [7, 11) is -2.18. The SMILES string of the molecule is COc1ccc(Cl)cc1S(=O)(=O)N1CCC(OCCCN)CC1. The Kier molecular flexibility index (Phi) is 6.67. The van der Waals surface area contributed by atoms with Crippen LogP contribution in [0.1, 0.15) is 19.3 Å². The van der Waals surface area contributed by atoms with E-state index >= 15 is 0 Å². The molecular formula is C15H23ClN2O4S. The number of nitrogens with two attached hydrogens (primary N) is 1. The average Bonchev–Trinajstić information content (AvgIpc) is 2.55. The van der Waals surface area contributed by atoms with Gasteiger partial charge in [-0.15, -0.1) is 0 Å². The Balaban J connectivity index is 2.06. The fourth-order valence-corrected chi connectivity index (χ4v) is 4.45. The van der Waals surface area contributed by atoms with Crippen molar-refractivity contribution in [3.8, 4) is 5.75 Å². The summed E-state index contributed by atoms with van der Waals surface area (Å²) in [4.78, 5) is 0.106. The van der Waals surface area contributed by atoms with Crippen LogP contribution in [0.25, 0.3) is 0 Å². The molecule has 0 unspecified atom stereocenters. The van der Waals surface area contributed by atoms with Crippen molar-refractivity contribution in [2.24, 2.45) is 5.73 Å². The number of nitrogens with zero attached hydrogens (tertiary/aromatic N) is 1. The Morgan fingerprint density at radius 3 is 2.65 bits per heavy atom. The summed E-state index contributed by atoms with van der Waals surface area (Å²) in [6.45, 7) is 2.06. The summed E-state index contributed by atoms with van der Waals surface area (Å²) in [5.41, 5.74) is 5.44. The molecule has 1 saturated heterocycles. The van der Waals surface area contributed by atoms with Crippen molar-refractivity contribution < 1.29 is 17.9 Å². The Bertz CT molecular complexity index is 616. The minimum Gasteiger partial charge on any atom is -0.495 e. The second kappa shape index (κ2) is 8.30. The van der Waals surface area contributed by atoms with E-state index in [1.54, 1.807) is 12.1 Å². The molecule has 23 heavy (non-hydrogen) atoms. The van der Waals surface area contributed by atoms with Crippen molar-refractivity contribution in [3.05, 3.63) is 23.2 Å². The molecule has 1 aromatic rings. The highest BCUT2D eigenvalue weighted by molar-refractivity contribution is 7.89. The second-order valence-corrected chi connectivity index (χ2v) is 7.75. The first-order valence-corrected chi connectivity index (χ1v) is 9.46. The van der Waals surface area contributed by atoms with E-state index in [4.69, 9.17) is 26.8 Å². The van der Waals surface area contributed by atoms with Crippen LogP contribution >= 0.6 is 11.6 Å². The van der Waals surface area contributed by atoms with Gasteiger partial charge in [-0.1, -0.05) is 11.6 Å². The Morgan fingerprint density at radius 1 is 1.35 bits per heavy atom. The van der Waals surface area contributed by atoms with E-state index in [9.17, 15) is 8.42 Å². The summed E-state index contributed by atoms with van der Waals surface area (Å²) < 4.78 is 38.0. The lowest BCUT2D eigenvalue weighted by molar-refractivity contribution is 0.0209. The molecule has 8 heteroatoms. The number of piperidine rings is 1. The van der Waals surface area contributed by atoms with Crippen LogP contribution in [0.4, 0.5) is 0 Å². The first-order chi connectivity index (χ1) is 11.0. The minimum atomic E-state index is -3.63. The molecule has 6 nitrogen and oxygen atoms in total. The van der Waals surface area contributed by atoms with Crippen molar-refractivity contribution in [1.82, 2.24) is 4.31 Å². The van der Waals surface area contributed by atoms with Gasteiger partial charge in [-0.05, 0) is 44.0 Å². The van der Waals surface area contributed by atoms with E-state index in [0.29, 0.717) is 49.9 Å². The maximum absolute atomic E-state index is 12.8. The van der Waals surface area contributed by atoms with Gasteiger partial charge in [-0.2, -0.15) is 4.31 Å². The standard InChI is InChI=1S/C15H23ClN2O4S/c1-21-14-4-3-12(16)11-15(14)23(19,20)18-8-5-13(6-9-18)22-10-2-7-17/h3-4,11,13H,2,5-10,17H2,1H3. The molecular weight excluding hydrogens is 340 g/mol. The number of methoxy groups -OCH3 is 1. The van der Waals surface area contributed by atoms with Crippen molar-refractivity contribution in [1.29, 1.82) is 0 Å². The second-order valence-electron chi connectivity index (χ2n) is 5.41. The molecule has 0 atom stereocenters. The zero-order valence-corrected chi connectivity index (χ0v) is 14.8. The lowest BCUT2D eigenvalue weighted by atomic mass is 10.1. The third-order valence-electron chi connectivity index (χ3n) is 3.85. The van der Waals surface area contributed by atoms with Crippen LogP contribution in [0.3, 0.4) is 0 Å². The van der Waals surface area contributed by atoms with E-state index in [-0.39, 0.29) is 11.0 Å². The molecule has 130 valence electrons. The zero-order valence-electron chi connectivity index (χ0n) is 13.2. The third-order valence-corrected chi connectivity index (χ3v) is 6.00. The molecule has 1 aliphatic heterocycles. The molecule has 2 rings (SSSR count). The third kappa shape index (κ3) is 4.58. The molecule has 0 spiro atoms. The number of hydrogen-bond donors (Lipinski definition) is 1. The predicted octanol–water partition coefficient (Wildman–Crippen LogP) is 1.87. The topological polar surface area (TPSA) is 81.9 Å². The first kappa shape index (κ1) is 18.5. The van der Waals surface area contributed by atoms with Gasteiger partial charge in [0.15, 0.2) is 0 Å².